The summed E-state index contributed by atoms with van der Waals surface area (Å²) in [7, 11) is 0. The SMILES string of the molecule is Cc1sc2nc(COC3CCC(C)CC3)nc(N)c2c1C. The molecule has 0 radical (unpaired) electrons. The lowest BCUT2D eigenvalue weighted by Gasteiger charge is -2.25. The van der Waals surface area contributed by atoms with Crippen molar-refractivity contribution in [3.05, 3.63) is 16.3 Å². The van der Waals surface area contributed by atoms with Crippen LogP contribution in [-0.4, -0.2) is 16.1 Å². The molecule has 2 aromatic heterocycles. The summed E-state index contributed by atoms with van der Waals surface area (Å²) in [6.07, 6.45) is 5.17. The van der Waals surface area contributed by atoms with Gasteiger partial charge in [0.15, 0.2) is 5.82 Å². The molecule has 1 aliphatic rings. The zero-order valence-electron chi connectivity index (χ0n) is 13.0. The molecule has 4 nitrogen and oxygen atoms in total. The van der Waals surface area contributed by atoms with E-state index < -0.39 is 0 Å². The monoisotopic (exact) mass is 305 g/mol. The third kappa shape index (κ3) is 3.04. The van der Waals surface area contributed by atoms with Crippen LogP contribution in [0.1, 0.15) is 48.9 Å². The van der Waals surface area contributed by atoms with E-state index in [2.05, 4.69) is 30.7 Å². The first-order valence-corrected chi connectivity index (χ1v) is 8.50. The topological polar surface area (TPSA) is 61.0 Å². The summed E-state index contributed by atoms with van der Waals surface area (Å²) in [5, 5.41) is 1.01. The summed E-state index contributed by atoms with van der Waals surface area (Å²) in [5.41, 5.74) is 7.29. The lowest BCUT2D eigenvalue weighted by Crippen LogP contribution is -2.20. The number of hydrogen-bond acceptors (Lipinski definition) is 5. The second-order valence-electron chi connectivity index (χ2n) is 6.18. The predicted octanol–water partition coefficient (Wildman–Crippen LogP) is 3.99. The van der Waals surface area contributed by atoms with Crippen LogP contribution in [0.4, 0.5) is 5.82 Å². The van der Waals surface area contributed by atoms with Crippen LogP contribution in [-0.2, 0) is 11.3 Å². The molecular weight excluding hydrogens is 282 g/mol. The summed E-state index contributed by atoms with van der Waals surface area (Å²) in [4.78, 5) is 11.3. The Morgan fingerprint density at radius 2 is 1.90 bits per heavy atom. The van der Waals surface area contributed by atoms with Gasteiger partial charge >= 0.3 is 0 Å². The van der Waals surface area contributed by atoms with E-state index in [9.17, 15) is 0 Å². The fourth-order valence-electron chi connectivity index (χ4n) is 2.98. The Balaban J connectivity index is 1.73. The van der Waals surface area contributed by atoms with Crippen LogP contribution in [0, 0.1) is 19.8 Å². The Morgan fingerprint density at radius 3 is 2.62 bits per heavy atom. The number of thiophene rings is 1. The molecule has 0 unspecified atom stereocenters. The van der Waals surface area contributed by atoms with Gasteiger partial charge in [0, 0.05) is 4.88 Å². The van der Waals surface area contributed by atoms with Crippen molar-refractivity contribution in [2.24, 2.45) is 5.92 Å². The van der Waals surface area contributed by atoms with Crippen LogP contribution in [0.3, 0.4) is 0 Å². The van der Waals surface area contributed by atoms with Gasteiger partial charge in [-0.1, -0.05) is 6.92 Å². The van der Waals surface area contributed by atoms with Crippen molar-refractivity contribution < 1.29 is 4.74 Å². The molecule has 114 valence electrons. The van der Waals surface area contributed by atoms with Gasteiger partial charge in [-0.2, -0.15) is 0 Å². The Morgan fingerprint density at radius 1 is 1.19 bits per heavy atom. The maximum Gasteiger partial charge on any atom is 0.158 e. The van der Waals surface area contributed by atoms with Crippen LogP contribution in [0.15, 0.2) is 0 Å². The first kappa shape index (κ1) is 14.7. The van der Waals surface area contributed by atoms with E-state index in [-0.39, 0.29) is 0 Å². The Bertz CT molecular complexity index is 644. The number of ether oxygens (including phenoxy) is 1. The third-order valence-corrected chi connectivity index (χ3v) is 5.62. The van der Waals surface area contributed by atoms with E-state index in [1.807, 2.05) is 0 Å². The smallest absolute Gasteiger partial charge is 0.158 e. The Hall–Kier alpha value is -1.20. The molecule has 1 aliphatic carbocycles. The number of nitrogen functional groups attached to an aromatic ring is 1. The van der Waals surface area contributed by atoms with Crippen LogP contribution >= 0.6 is 11.3 Å². The molecule has 1 fully saturated rings. The van der Waals surface area contributed by atoms with E-state index in [4.69, 9.17) is 10.5 Å². The number of hydrogen-bond donors (Lipinski definition) is 1. The standard InChI is InChI=1S/C16H23N3OS/c1-9-4-6-12(7-5-9)20-8-13-18-15(17)14-10(2)11(3)21-16(14)19-13/h9,12H,4-8H2,1-3H3,(H2,17,18,19). The molecule has 2 N–H and O–H groups in total. The molecule has 0 aliphatic heterocycles. The van der Waals surface area contributed by atoms with E-state index in [0.717, 1.165) is 29.0 Å². The second kappa shape index (κ2) is 5.89. The first-order chi connectivity index (χ1) is 10.0. The average molecular weight is 305 g/mol. The Labute approximate surface area is 129 Å². The first-order valence-electron chi connectivity index (χ1n) is 7.68. The van der Waals surface area contributed by atoms with Gasteiger partial charge < -0.3 is 10.5 Å². The average Bonchev–Trinajstić information content (AvgIpc) is 2.74. The summed E-state index contributed by atoms with van der Waals surface area (Å²) in [6, 6.07) is 0. The number of rotatable bonds is 3. The number of aromatic nitrogens is 2. The highest BCUT2D eigenvalue weighted by Crippen LogP contribution is 2.32. The molecule has 5 heteroatoms. The van der Waals surface area contributed by atoms with E-state index in [1.54, 1.807) is 11.3 Å². The molecule has 2 heterocycles. The van der Waals surface area contributed by atoms with Gasteiger partial charge in [-0.25, -0.2) is 9.97 Å². The minimum atomic E-state index is 0.355. The number of nitrogens with two attached hydrogens (primary N) is 1. The van der Waals surface area contributed by atoms with Gasteiger partial charge in [0.25, 0.3) is 0 Å². The summed E-state index contributed by atoms with van der Waals surface area (Å²) in [6.45, 7) is 6.96. The molecule has 3 rings (SSSR count). The van der Waals surface area contributed by atoms with Gasteiger partial charge in [0.2, 0.25) is 0 Å². The number of aryl methyl sites for hydroxylation is 2. The van der Waals surface area contributed by atoms with Gasteiger partial charge in [-0.05, 0) is 51.0 Å². The minimum absolute atomic E-state index is 0.355. The molecule has 0 atom stereocenters. The van der Waals surface area contributed by atoms with Crippen LogP contribution < -0.4 is 5.73 Å². The van der Waals surface area contributed by atoms with Crippen molar-refractivity contribution in [1.29, 1.82) is 0 Å². The van der Waals surface area contributed by atoms with Crippen molar-refractivity contribution in [2.75, 3.05) is 5.73 Å². The van der Waals surface area contributed by atoms with E-state index >= 15 is 0 Å². The molecule has 0 aromatic carbocycles. The molecule has 0 spiro atoms. The molecular formula is C16H23N3OS. The fraction of sp³-hybridized carbons (Fsp3) is 0.625. The zero-order chi connectivity index (χ0) is 15.0. The number of nitrogens with zero attached hydrogens (tertiary/aromatic N) is 2. The van der Waals surface area contributed by atoms with Crippen molar-refractivity contribution in [2.45, 2.75) is 59.2 Å². The number of fused-ring (bicyclic) bond motifs is 1. The Kier molecular flexibility index (Phi) is 4.13. The summed E-state index contributed by atoms with van der Waals surface area (Å²) < 4.78 is 5.98. The minimum Gasteiger partial charge on any atom is -0.383 e. The van der Waals surface area contributed by atoms with Crippen molar-refractivity contribution >= 4 is 27.4 Å². The second-order valence-corrected chi connectivity index (χ2v) is 7.38. The van der Waals surface area contributed by atoms with Crippen LogP contribution in [0.25, 0.3) is 10.2 Å². The quantitative estimate of drug-likeness (QED) is 0.931. The van der Waals surface area contributed by atoms with Crippen LogP contribution in [0.5, 0.6) is 0 Å². The van der Waals surface area contributed by atoms with Crippen molar-refractivity contribution in [3.63, 3.8) is 0 Å². The van der Waals surface area contributed by atoms with Crippen LogP contribution in [0.2, 0.25) is 0 Å². The van der Waals surface area contributed by atoms with E-state index in [1.165, 1.54) is 23.3 Å². The lowest BCUT2D eigenvalue weighted by atomic mass is 9.89. The van der Waals surface area contributed by atoms with Gasteiger partial charge in [0.05, 0.1) is 11.5 Å². The maximum absolute atomic E-state index is 6.10. The molecule has 1 saturated carbocycles. The maximum atomic E-state index is 6.10. The van der Waals surface area contributed by atoms with Gasteiger partial charge in [-0.15, -0.1) is 11.3 Å². The zero-order valence-corrected chi connectivity index (χ0v) is 13.8. The largest absolute Gasteiger partial charge is 0.383 e. The normalized spacial score (nSPS) is 22.8. The molecule has 0 amide bonds. The predicted molar refractivity (Wildman–Crippen MR) is 87.5 cm³/mol. The van der Waals surface area contributed by atoms with Gasteiger partial charge in [0.1, 0.15) is 17.3 Å². The van der Waals surface area contributed by atoms with Crippen molar-refractivity contribution in [3.8, 4) is 0 Å². The molecule has 0 saturated heterocycles. The van der Waals surface area contributed by atoms with Crippen molar-refractivity contribution in [1.82, 2.24) is 9.97 Å². The highest BCUT2D eigenvalue weighted by atomic mass is 32.1. The number of anilines is 1. The summed E-state index contributed by atoms with van der Waals surface area (Å²) >= 11 is 1.68. The molecule has 0 bridgehead atoms. The highest BCUT2D eigenvalue weighted by molar-refractivity contribution is 7.18. The lowest BCUT2D eigenvalue weighted by molar-refractivity contribution is 0.00583. The highest BCUT2D eigenvalue weighted by Gasteiger charge is 2.19. The van der Waals surface area contributed by atoms with Gasteiger partial charge in [-0.3, -0.25) is 0 Å². The summed E-state index contributed by atoms with van der Waals surface area (Å²) in [5.74, 6) is 2.13. The molecule has 2 aromatic rings. The fourth-order valence-corrected chi connectivity index (χ4v) is 4.04. The molecule has 21 heavy (non-hydrogen) atoms. The third-order valence-electron chi connectivity index (χ3n) is 4.51. The van der Waals surface area contributed by atoms with E-state index in [0.29, 0.717) is 24.4 Å².